The summed E-state index contributed by atoms with van der Waals surface area (Å²) in [4.78, 5) is 29.1. The summed E-state index contributed by atoms with van der Waals surface area (Å²) in [6, 6.07) is 15.5. The summed E-state index contributed by atoms with van der Waals surface area (Å²) in [6.07, 6.45) is 1.34. The Morgan fingerprint density at radius 2 is 1.68 bits per heavy atom. The van der Waals surface area contributed by atoms with Gasteiger partial charge < -0.3 is 10.6 Å². The number of nitrogens with zero attached hydrogens (tertiary/aromatic N) is 1. The lowest BCUT2D eigenvalue weighted by atomic mass is 10.0. The lowest BCUT2D eigenvalue weighted by Crippen LogP contribution is -2.45. The highest BCUT2D eigenvalue weighted by Gasteiger charge is 2.22. The molecule has 2 amide bonds. The highest BCUT2D eigenvalue weighted by Crippen LogP contribution is 2.15. The molecule has 0 saturated heterocycles. The number of rotatable bonds is 7. The molecule has 2 N–H and O–H groups in total. The van der Waals surface area contributed by atoms with Crippen LogP contribution in [0, 0.1) is 5.82 Å². The molecule has 0 fully saturated rings. The zero-order chi connectivity index (χ0) is 22.4. The summed E-state index contributed by atoms with van der Waals surface area (Å²) in [6.45, 7) is 0. The van der Waals surface area contributed by atoms with E-state index in [-0.39, 0.29) is 22.7 Å². The van der Waals surface area contributed by atoms with Crippen molar-refractivity contribution >= 4 is 37.2 Å². The van der Waals surface area contributed by atoms with E-state index in [1.54, 1.807) is 12.1 Å². The van der Waals surface area contributed by atoms with Crippen LogP contribution in [0.1, 0.15) is 15.9 Å². The number of benzene rings is 2. The van der Waals surface area contributed by atoms with Gasteiger partial charge in [-0.3, -0.25) is 9.59 Å². The van der Waals surface area contributed by atoms with E-state index >= 15 is 0 Å². The fourth-order valence-electron chi connectivity index (χ4n) is 2.73. The third kappa shape index (κ3) is 6.34. The second-order valence-corrected chi connectivity index (χ2v) is 9.05. The Morgan fingerprint density at radius 1 is 1.00 bits per heavy atom. The van der Waals surface area contributed by atoms with Crippen molar-refractivity contribution in [2.75, 3.05) is 5.32 Å². The summed E-state index contributed by atoms with van der Waals surface area (Å²) in [5.74, 6) is -1.56. The van der Waals surface area contributed by atoms with E-state index in [9.17, 15) is 22.4 Å². The molecule has 0 bridgehead atoms. The average Bonchev–Trinajstić information content (AvgIpc) is 2.74. The smallest absolute Gasteiger partial charge is 0.278 e. The number of anilines is 1. The minimum atomic E-state index is -3.99. The van der Waals surface area contributed by atoms with Crippen molar-refractivity contribution in [3.63, 3.8) is 0 Å². The van der Waals surface area contributed by atoms with E-state index in [2.05, 4.69) is 15.6 Å². The van der Waals surface area contributed by atoms with Crippen molar-refractivity contribution in [3.8, 4) is 0 Å². The minimum Gasteiger partial charge on any atom is -0.340 e. The Bertz CT molecular complexity index is 1170. The zero-order valence-corrected chi connectivity index (χ0v) is 17.5. The molecule has 7 nitrogen and oxygen atoms in total. The number of pyridine rings is 1. The number of nitrogens with one attached hydrogen (secondary N) is 2. The van der Waals surface area contributed by atoms with E-state index in [4.69, 9.17) is 10.7 Å². The molecule has 1 aromatic heterocycles. The largest absolute Gasteiger partial charge is 0.340 e. The van der Waals surface area contributed by atoms with Gasteiger partial charge in [-0.2, -0.15) is 0 Å². The molecule has 2 aromatic carbocycles. The first-order chi connectivity index (χ1) is 14.7. The van der Waals surface area contributed by atoms with Crippen molar-refractivity contribution < 1.29 is 22.4 Å². The number of carbonyl (C=O) groups excluding carboxylic acids is 2. The number of hydrogen-bond donors (Lipinski definition) is 2. The monoisotopic (exact) mass is 461 g/mol. The zero-order valence-electron chi connectivity index (χ0n) is 16.0. The topological polar surface area (TPSA) is 105 Å². The number of hydrogen-bond acceptors (Lipinski definition) is 5. The predicted molar refractivity (Wildman–Crippen MR) is 114 cm³/mol. The van der Waals surface area contributed by atoms with Gasteiger partial charge in [-0.25, -0.2) is 17.8 Å². The van der Waals surface area contributed by atoms with Crippen LogP contribution in [0.25, 0.3) is 0 Å². The molecule has 3 rings (SSSR count). The van der Waals surface area contributed by atoms with Gasteiger partial charge in [0.25, 0.3) is 15.0 Å². The Labute approximate surface area is 182 Å². The number of amides is 2. The Balaban J connectivity index is 1.78. The molecule has 0 radical (unpaired) electrons. The molecule has 3 aromatic rings. The molecule has 0 aliphatic rings. The standard InChI is InChI=1S/C21H17ClFN3O4S/c22-31(29,30)19-11-10-17(13-24-19)25-21(28)18(12-14-4-2-1-3-5-14)26-20(27)15-6-8-16(23)9-7-15/h1-11,13,18H,12H2,(H,25,28)(H,26,27). The van der Waals surface area contributed by atoms with Crippen LogP contribution in [0.5, 0.6) is 0 Å². The lowest BCUT2D eigenvalue weighted by molar-refractivity contribution is -0.118. The van der Waals surface area contributed by atoms with Crippen LogP contribution in [0.4, 0.5) is 10.1 Å². The van der Waals surface area contributed by atoms with Crippen molar-refractivity contribution in [2.24, 2.45) is 0 Å². The summed E-state index contributed by atoms with van der Waals surface area (Å²) < 4.78 is 35.7. The fourth-order valence-corrected chi connectivity index (χ4v) is 3.41. The summed E-state index contributed by atoms with van der Waals surface area (Å²) in [5, 5.41) is 4.89. The van der Waals surface area contributed by atoms with E-state index in [1.165, 1.54) is 18.2 Å². The van der Waals surface area contributed by atoms with Gasteiger partial charge in [-0.05, 0) is 42.0 Å². The quantitative estimate of drug-likeness (QED) is 0.526. The Morgan fingerprint density at radius 3 is 2.26 bits per heavy atom. The first kappa shape index (κ1) is 22.4. The molecule has 0 aliphatic heterocycles. The minimum absolute atomic E-state index is 0.196. The number of aromatic nitrogens is 1. The van der Waals surface area contributed by atoms with E-state index in [0.717, 1.165) is 30.0 Å². The van der Waals surface area contributed by atoms with Gasteiger partial charge >= 0.3 is 0 Å². The molecule has 0 aliphatic carbocycles. The molecule has 1 heterocycles. The lowest BCUT2D eigenvalue weighted by Gasteiger charge is -2.19. The fraction of sp³-hybridized carbons (Fsp3) is 0.0952. The predicted octanol–water partition coefficient (Wildman–Crippen LogP) is 3.13. The molecule has 10 heteroatoms. The summed E-state index contributed by atoms with van der Waals surface area (Å²) >= 11 is 0. The van der Waals surface area contributed by atoms with Crippen LogP contribution >= 0.6 is 10.7 Å². The second-order valence-electron chi connectivity index (χ2n) is 6.53. The maximum Gasteiger partial charge on any atom is 0.278 e. The third-order valence-corrected chi connectivity index (χ3v) is 5.48. The Kier molecular flexibility index (Phi) is 6.98. The highest BCUT2D eigenvalue weighted by atomic mass is 35.7. The molecule has 31 heavy (non-hydrogen) atoms. The van der Waals surface area contributed by atoms with Crippen LogP contribution in [-0.4, -0.2) is 31.3 Å². The third-order valence-electron chi connectivity index (χ3n) is 4.26. The van der Waals surface area contributed by atoms with Gasteiger partial charge in [0.1, 0.15) is 11.9 Å². The van der Waals surface area contributed by atoms with E-state index in [0.29, 0.717) is 0 Å². The summed E-state index contributed by atoms with van der Waals surface area (Å²) in [5.41, 5.74) is 1.23. The van der Waals surface area contributed by atoms with Crippen LogP contribution in [0.2, 0.25) is 0 Å². The van der Waals surface area contributed by atoms with E-state index < -0.39 is 32.7 Å². The van der Waals surface area contributed by atoms with Crippen molar-refractivity contribution in [3.05, 3.63) is 89.9 Å². The number of halogens is 2. The molecular weight excluding hydrogens is 445 g/mol. The maximum atomic E-state index is 13.1. The van der Waals surface area contributed by atoms with Crippen molar-refractivity contribution in [1.29, 1.82) is 0 Å². The molecule has 160 valence electrons. The Hall–Kier alpha value is -3.30. The summed E-state index contributed by atoms with van der Waals surface area (Å²) in [7, 11) is 1.24. The molecular formula is C21H17ClFN3O4S. The maximum absolute atomic E-state index is 13.1. The molecule has 0 spiro atoms. The highest BCUT2D eigenvalue weighted by molar-refractivity contribution is 8.13. The van der Waals surface area contributed by atoms with Gasteiger partial charge in [0, 0.05) is 22.7 Å². The SMILES string of the molecule is O=C(NC(Cc1ccccc1)C(=O)Nc1ccc(S(=O)(=O)Cl)nc1)c1ccc(F)cc1. The van der Waals surface area contributed by atoms with Crippen LogP contribution < -0.4 is 10.6 Å². The average molecular weight is 462 g/mol. The molecule has 0 saturated carbocycles. The van der Waals surface area contributed by atoms with Crippen LogP contribution in [-0.2, 0) is 20.3 Å². The van der Waals surface area contributed by atoms with Gasteiger partial charge in [0.05, 0.1) is 11.9 Å². The second kappa shape index (κ2) is 9.67. The first-order valence-corrected chi connectivity index (χ1v) is 11.4. The van der Waals surface area contributed by atoms with E-state index in [1.807, 2.05) is 18.2 Å². The van der Waals surface area contributed by atoms with Crippen LogP contribution in [0.3, 0.4) is 0 Å². The van der Waals surface area contributed by atoms with Gasteiger partial charge in [-0.15, -0.1) is 0 Å². The van der Waals surface area contributed by atoms with Crippen LogP contribution in [0.15, 0.2) is 78.0 Å². The first-order valence-electron chi connectivity index (χ1n) is 9.04. The normalized spacial score (nSPS) is 12.1. The van der Waals surface area contributed by atoms with Gasteiger partial charge in [0.15, 0.2) is 5.03 Å². The van der Waals surface area contributed by atoms with Crippen molar-refractivity contribution in [1.82, 2.24) is 10.3 Å². The van der Waals surface area contributed by atoms with Gasteiger partial charge in [-0.1, -0.05) is 30.3 Å². The molecule has 1 atom stereocenters. The van der Waals surface area contributed by atoms with Gasteiger partial charge in [0.2, 0.25) is 5.91 Å². The molecule has 1 unspecified atom stereocenters. The van der Waals surface area contributed by atoms with Crippen molar-refractivity contribution in [2.45, 2.75) is 17.5 Å². The number of carbonyl (C=O) groups is 2.